The summed E-state index contributed by atoms with van der Waals surface area (Å²) in [4.78, 5) is 0. The summed E-state index contributed by atoms with van der Waals surface area (Å²) in [6, 6.07) is 4.65. The van der Waals surface area contributed by atoms with Crippen LogP contribution in [0.2, 0.25) is 0 Å². The Morgan fingerprint density at radius 3 is 2.67 bits per heavy atom. The van der Waals surface area contributed by atoms with E-state index in [9.17, 15) is 13.2 Å². The van der Waals surface area contributed by atoms with Gasteiger partial charge in [-0.15, -0.1) is 0 Å². The smallest absolute Gasteiger partial charge is 0.415 e. The van der Waals surface area contributed by atoms with Crippen molar-refractivity contribution in [1.82, 2.24) is 5.32 Å². The van der Waals surface area contributed by atoms with E-state index in [2.05, 4.69) is 10.5 Å². The third-order valence-electron chi connectivity index (χ3n) is 2.69. The van der Waals surface area contributed by atoms with Crippen LogP contribution in [0.25, 0.3) is 0 Å². The number of alkyl halides is 3. The van der Waals surface area contributed by atoms with Crippen LogP contribution in [0.4, 0.5) is 13.2 Å². The zero-order valence-electron chi connectivity index (χ0n) is 11.2. The van der Waals surface area contributed by atoms with E-state index in [1.54, 1.807) is 12.1 Å². The number of halogens is 3. The van der Waals surface area contributed by atoms with Crippen molar-refractivity contribution < 1.29 is 28.2 Å². The van der Waals surface area contributed by atoms with Crippen LogP contribution < -0.4 is 15.8 Å². The van der Waals surface area contributed by atoms with E-state index in [0.29, 0.717) is 16.9 Å². The van der Waals surface area contributed by atoms with E-state index in [4.69, 9.17) is 20.8 Å². The van der Waals surface area contributed by atoms with E-state index >= 15 is 0 Å². The maximum Gasteiger partial charge on any atom is 0.415 e. The highest BCUT2D eigenvalue weighted by molar-refractivity contribution is 5.99. The number of hydrogen-bond acceptors (Lipinski definition) is 5. The molecule has 118 valence electrons. The molecule has 0 spiro atoms. The summed E-state index contributed by atoms with van der Waals surface area (Å²) in [7, 11) is 1.38. The Labute approximate surface area is 119 Å². The third kappa shape index (κ3) is 4.80. The molecule has 0 saturated carbocycles. The molecule has 5 N–H and O–H groups in total. The maximum absolute atomic E-state index is 12.1. The SMILES string of the molecule is COc1cc(CNCC(O)C(F)(F)F)ccc1/C(N)=N/O. The van der Waals surface area contributed by atoms with Crippen molar-refractivity contribution in [2.75, 3.05) is 13.7 Å². The van der Waals surface area contributed by atoms with Crippen molar-refractivity contribution in [3.8, 4) is 5.75 Å². The molecule has 1 rings (SSSR count). The Morgan fingerprint density at radius 1 is 1.48 bits per heavy atom. The minimum absolute atomic E-state index is 0.0972. The van der Waals surface area contributed by atoms with E-state index in [1.807, 2.05) is 0 Å². The van der Waals surface area contributed by atoms with Crippen LogP contribution in [0, 0.1) is 0 Å². The Morgan fingerprint density at radius 2 is 2.14 bits per heavy atom. The molecule has 0 fully saturated rings. The van der Waals surface area contributed by atoms with Crippen LogP contribution in [0.1, 0.15) is 11.1 Å². The minimum atomic E-state index is -4.65. The molecule has 0 aliphatic heterocycles. The molecular weight excluding hydrogens is 291 g/mol. The number of aliphatic hydroxyl groups is 1. The fourth-order valence-electron chi connectivity index (χ4n) is 1.58. The molecule has 0 heterocycles. The highest BCUT2D eigenvalue weighted by Crippen LogP contribution is 2.21. The molecule has 0 aromatic heterocycles. The Hall–Kier alpha value is -2.00. The summed E-state index contributed by atoms with van der Waals surface area (Å²) in [6.45, 7) is -0.520. The standard InChI is InChI=1S/C12H16F3N3O3/c1-21-9-4-7(2-3-8(9)11(16)18-20)5-17-6-10(19)12(13,14)15/h2-4,10,17,19-20H,5-6H2,1H3,(H2,16,18). The summed E-state index contributed by atoms with van der Waals surface area (Å²) in [6.07, 6.45) is -7.07. The van der Waals surface area contributed by atoms with E-state index in [0.717, 1.165) is 0 Å². The lowest BCUT2D eigenvalue weighted by Crippen LogP contribution is -2.38. The second kappa shape index (κ2) is 7.14. The number of hydrogen-bond donors (Lipinski definition) is 4. The molecule has 0 radical (unpaired) electrons. The van der Waals surface area contributed by atoms with Crippen LogP contribution in [-0.4, -0.2) is 42.1 Å². The average molecular weight is 307 g/mol. The van der Waals surface area contributed by atoms with Gasteiger partial charge in [0.25, 0.3) is 0 Å². The Kier molecular flexibility index (Phi) is 5.79. The second-order valence-corrected chi connectivity index (χ2v) is 4.21. The average Bonchev–Trinajstić information content (AvgIpc) is 2.45. The maximum atomic E-state index is 12.1. The lowest BCUT2D eigenvalue weighted by molar-refractivity contribution is -0.201. The summed E-state index contributed by atoms with van der Waals surface area (Å²) in [5.41, 5.74) is 6.44. The third-order valence-corrected chi connectivity index (χ3v) is 2.69. The molecule has 1 aromatic carbocycles. The molecule has 9 heteroatoms. The van der Waals surface area contributed by atoms with Crippen molar-refractivity contribution >= 4 is 5.84 Å². The van der Waals surface area contributed by atoms with Crippen LogP contribution in [0.3, 0.4) is 0 Å². The molecule has 6 nitrogen and oxygen atoms in total. The fraction of sp³-hybridized carbons (Fsp3) is 0.417. The number of rotatable bonds is 6. The number of benzene rings is 1. The number of methoxy groups -OCH3 is 1. The van der Waals surface area contributed by atoms with E-state index in [-0.39, 0.29) is 12.4 Å². The number of nitrogens with one attached hydrogen (secondary N) is 1. The Balaban J connectivity index is 2.70. The van der Waals surface area contributed by atoms with Gasteiger partial charge >= 0.3 is 6.18 Å². The molecule has 0 bridgehead atoms. The van der Waals surface area contributed by atoms with Gasteiger partial charge in [-0.3, -0.25) is 0 Å². The summed E-state index contributed by atoms with van der Waals surface area (Å²) >= 11 is 0. The quantitative estimate of drug-likeness (QED) is 0.270. The lowest BCUT2D eigenvalue weighted by atomic mass is 10.1. The Bertz CT molecular complexity index is 506. The number of nitrogens with two attached hydrogens (primary N) is 1. The van der Waals surface area contributed by atoms with Gasteiger partial charge in [0, 0.05) is 13.1 Å². The number of aliphatic hydroxyl groups excluding tert-OH is 1. The van der Waals surface area contributed by atoms with Gasteiger partial charge in [-0.2, -0.15) is 13.2 Å². The van der Waals surface area contributed by atoms with Gasteiger partial charge in [0.15, 0.2) is 11.9 Å². The molecular formula is C12H16F3N3O3. The first kappa shape index (κ1) is 17.1. The van der Waals surface area contributed by atoms with Gasteiger partial charge < -0.3 is 26.1 Å². The topological polar surface area (TPSA) is 100 Å². The number of oxime groups is 1. The predicted molar refractivity (Wildman–Crippen MR) is 69.3 cm³/mol. The molecule has 0 amide bonds. The first-order chi connectivity index (χ1) is 9.79. The van der Waals surface area contributed by atoms with Crippen molar-refractivity contribution in [1.29, 1.82) is 0 Å². The van der Waals surface area contributed by atoms with Crippen molar-refractivity contribution in [3.05, 3.63) is 29.3 Å². The van der Waals surface area contributed by atoms with Gasteiger partial charge in [0.1, 0.15) is 5.75 Å². The highest BCUT2D eigenvalue weighted by atomic mass is 19.4. The minimum Gasteiger partial charge on any atom is -0.496 e. The van der Waals surface area contributed by atoms with Gasteiger partial charge in [0.05, 0.1) is 12.7 Å². The molecule has 1 atom stereocenters. The molecule has 1 aromatic rings. The fourth-order valence-corrected chi connectivity index (χ4v) is 1.58. The molecule has 1 unspecified atom stereocenters. The van der Waals surface area contributed by atoms with Crippen LogP contribution in [0.15, 0.2) is 23.4 Å². The van der Waals surface area contributed by atoms with E-state index in [1.165, 1.54) is 13.2 Å². The monoisotopic (exact) mass is 307 g/mol. The van der Waals surface area contributed by atoms with Crippen LogP contribution in [0.5, 0.6) is 5.75 Å². The van der Waals surface area contributed by atoms with Gasteiger partial charge in [0.2, 0.25) is 0 Å². The summed E-state index contributed by atoms with van der Waals surface area (Å²) < 4.78 is 41.4. The van der Waals surface area contributed by atoms with Gasteiger partial charge in [-0.1, -0.05) is 11.2 Å². The lowest BCUT2D eigenvalue weighted by Gasteiger charge is -2.15. The molecule has 0 aliphatic rings. The summed E-state index contributed by atoms with van der Waals surface area (Å²) in [5, 5.41) is 22.8. The van der Waals surface area contributed by atoms with Gasteiger partial charge in [-0.05, 0) is 17.7 Å². The zero-order chi connectivity index (χ0) is 16.0. The van der Waals surface area contributed by atoms with Crippen molar-refractivity contribution in [3.63, 3.8) is 0 Å². The largest absolute Gasteiger partial charge is 0.496 e. The highest BCUT2D eigenvalue weighted by Gasteiger charge is 2.37. The zero-order valence-corrected chi connectivity index (χ0v) is 11.2. The number of nitrogens with zero attached hydrogens (tertiary/aromatic N) is 1. The first-order valence-electron chi connectivity index (χ1n) is 5.90. The normalized spacial score (nSPS) is 14.0. The second-order valence-electron chi connectivity index (χ2n) is 4.21. The summed E-state index contributed by atoms with van der Waals surface area (Å²) in [5.74, 6) is 0.180. The molecule has 0 saturated heterocycles. The first-order valence-corrected chi connectivity index (χ1v) is 5.90. The molecule has 0 aliphatic carbocycles. The van der Waals surface area contributed by atoms with Crippen molar-refractivity contribution in [2.45, 2.75) is 18.8 Å². The number of ether oxygens (including phenoxy) is 1. The van der Waals surface area contributed by atoms with E-state index < -0.39 is 18.8 Å². The van der Waals surface area contributed by atoms with Crippen LogP contribution in [-0.2, 0) is 6.54 Å². The molecule has 21 heavy (non-hydrogen) atoms. The van der Waals surface area contributed by atoms with Crippen LogP contribution >= 0.6 is 0 Å². The number of amidine groups is 1. The van der Waals surface area contributed by atoms with Crippen molar-refractivity contribution in [2.24, 2.45) is 10.9 Å². The predicted octanol–water partition coefficient (Wildman–Crippen LogP) is 0.803. The van der Waals surface area contributed by atoms with Gasteiger partial charge in [-0.25, -0.2) is 0 Å².